The first-order valence-corrected chi connectivity index (χ1v) is 9.58. The van der Waals surface area contributed by atoms with E-state index < -0.39 is 9.84 Å². The minimum atomic E-state index is -3.23. The Kier molecular flexibility index (Phi) is 5.51. The Labute approximate surface area is 147 Å². The van der Waals surface area contributed by atoms with Crippen LogP contribution >= 0.6 is 11.6 Å². The molecule has 128 valence electrons. The first kappa shape index (κ1) is 18.3. The van der Waals surface area contributed by atoms with Crippen molar-refractivity contribution < 1.29 is 13.2 Å². The minimum absolute atomic E-state index is 0.248. The number of rotatable bonds is 4. The van der Waals surface area contributed by atoms with E-state index in [0.29, 0.717) is 10.7 Å². The molecule has 2 aromatic carbocycles. The summed E-state index contributed by atoms with van der Waals surface area (Å²) in [4.78, 5) is 12.4. The lowest BCUT2D eigenvalue weighted by Gasteiger charge is -2.16. The van der Waals surface area contributed by atoms with Gasteiger partial charge in [-0.3, -0.25) is 0 Å². The summed E-state index contributed by atoms with van der Waals surface area (Å²) >= 11 is 6.03. The number of benzene rings is 2. The van der Waals surface area contributed by atoms with Crippen molar-refractivity contribution in [2.75, 3.05) is 11.6 Å². The van der Waals surface area contributed by atoms with E-state index >= 15 is 0 Å². The van der Waals surface area contributed by atoms with Gasteiger partial charge < -0.3 is 10.6 Å². The summed E-state index contributed by atoms with van der Waals surface area (Å²) in [5, 5.41) is 6.14. The largest absolute Gasteiger partial charge is 0.331 e. The van der Waals surface area contributed by atoms with Crippen molar-refractivity contribution in [1.29, 1.82) is 0 Å². The van der Waals surface area contributed by atoms with Crippen LogP contribution in [0, 0.1) is 6.92 Å². The Morgan fingerprint density at radius 2 is 1.75 bits per heavy atom. The molecule has 24 heavy (non-hydrogen) atoms. The van der Waals surface area contributed by atoms with E-state index in [4.69, 9.17) is 11.6 Å². The van der Waals surface area contributed by atoms with Gasteiger partial charge in [0.2, 0.25) is 0 Å². The molecule has 2 aromatic rings. The van der Waals surface area contributed by atoms with Gasteiger partial charge in [-0.15, -0.1) is 0 Å². The lowest BCUT2D eigenvalue weighted by atomic mass is 10.1. The molecule has 0 bridgehead atoms. The number of carbonyl (C=O) groups is 1. The quantitative estimate of drug-likeness (QED) is 0.860. The average Bonchev–Trinajstić information content (AvgIpc) is 2.51. The van der Waals surface area contributed by atoms with Crippen molar-refractivity contribution >= 4 is 33.2 Å². The highest BCUT2D eigenvalue weighted by Crippen LogP contribution is 2.23. The second-order valence-electron chi connectivity index (χ2n) is 5.57. The zero-order chi connectivity index (χ0) is 17.9. The lowest BCUT2D eigenvalue weighted by Crippen LogP contribution is -2.31. The molecule has 0 heterocycles. The highest BCUT2D eigenvalue weighted by atomic mass is 35.5. The van der Waals surface area contributed by atoms with Gasteiger partial charge in [-0.1, -0.05) is 29.8 Å². The summed E-state index contributed by atoms with van der Waals surface area (Å²) in [6.07, 6.45) is 1.16. The Morgan fingerprint density at radius 3 is 2.33 bits per heavy atom. The molecule has 0 saturated heterocycles. The number of hydrogen-bond acceptors (Lipinski definition) is 3. The van der Waals surface area contributed by atoms with E-state index in [2.05, 4.69) is 10.6 Å². The number of urea groups is 1. The lowest BCUT2D eigenvalue weighted by molar-refractivity contribution is 0.249. The average molecular weight is 367 g/mol. The van der Waals surface area contributed by atoms with Crippen molar-refractivity contribution in [3.05, 3.63) is 58.6 Å². The fraction of sp³-hybridized carbons (Fsp3) is 0.235. The highest BCUT2D eigenvalue weighted by molar-refractivity contribution is 7.90. The molecule has 0 saturated carbocycles. The van der Waals surface area contributed by atoms with E-state index in [9.17, 15) is 13.2 Å². The van der Waals surface area contributed by atoms with Crippen LogP contribution < -0.4 is 10.6 Å². The van der Waals surface area contributed by atoms with Crippen LogP contribution in [0.1, 0.15) is 24.1 Å². The Balaban J connectivity index is 2.05. The second-order valence-corrected chi connectivity index (χ2v) is 8.00. The maximum absolute atomic E-state index is 12.1. The van der Waals surface area contributed by atoms with E-state index in [1.165, 1.54) is 12.1 Å². The molecule has 0 aliphatic carbocycles. The minimum Gasteiger partial charge on any atom is -0.331 e. The molecule has 0 aromatic heterocycles. The van der Waals surface area contributed by atoms with Crippen molar-refractivity contribution in [1.82, 2.24) is 5.32 Å². The monoisotopic (exact) mass is 366 g/mol. The SMILES string of the molecule is Cc1c(Cl)cccc1NC(=O)NC(C)c1ccc(S(C)(=O)=O)cc1. The fourth-order valence-electron chi connectivity index (χ4n) is 2.18. The first-order valence-electron chi connectivity index (χ1n) is 7.31. The predicted molar refractivity (Wildman–Crippen MR) is 96.3 cm³/mol. The normalized spacial score (nSPS) is 12.5. The van der Waals surface area contributed by atoms with Crippen LogP contribution in [0.25, 0.3) is 0 Å². The smallest absolute Gasteiger partial charge is 0.319 e. The number of nitrogens with one attached hydrogen (secondary N) is 2. The Hall–Kier alpha value is -2.05. The van der Waals surface area contributed by atoms with E-state index in [0.717, 1.165) is 17.4 Å². The van der Waals surface area contributed by atoms with Crippen LogP contribution in [0.2, 0.25) is 5.02 Å². The van der Waals surface area contributed by atoms with Gasteiger partial charge in [-0.05, 0) is 49.2 Å². The summed E-state index contributed by atoms with van der Waals surface area (Å²) in [7, 11) is -3.23. The fourth-order valence-corrected chi connectivity index (χ4v) is 2.99. The van der Waals surface area contributed by atoms with E-state index in [1.807, 2.05) is 13.8 Å². The number of hydrogen-bond donors (Lipinski definition) is 2. The summed E-state index contributed by atoms with van der Waals surface area (Å²) in [5.74, 6) is 0. The van der Waals surface area contributed by atoms with Crippen LogP contribution in [0.4, 0.5) is 10.5 Å². The molecule has 5 nitrogen and oxygen atoms in total. The van der Waals surface area contributed by atoms with Gasteiger partial charge in [0.15, 0.2) is 9.84 Å². The topological polar surface area (TPSA) is 75.3 Å². The van der Waals surface area contributed by atoms with Gasteiger partial charge in [-0.25, -0.2) is 13.2 Å². The molecule has 1 atom stereocenters. The van der Waals surface area contributed by atoms with Crippen molar-refractivity contribution in [3.63, 3.8) is 0 Å². The predicted octanol–water partition coefficient (Wildman–Crippen LogP) is 3.93. The van der Waals surface area contributed by atoms with Crippen LogP contribution in [0.3, 0.4) is 0 Å². The summed E-state index contributed by atoms with van der Waals surface area (Å²) in [5.41, 5.74) is 2.24. The van der Waals surface area contributed by atoms with Crippen LogP contribution in [-0.4, -0.2) is 20.7 Å². The van der Waals surface area contributed by atoms with Gasteiger partial charge in [0.1, 0.15) is 0 Å². The van der Waals surface area contributed by atoms with Crippen molar-refractivity contribution in [3.8, 4) is 0 Å². The molecule has 0 aliphatic rings. The molecule has 2 N–H and O–H groups in total. The molecule has 2 rings (SSSR count). The number of carbonyl (C=O) groups excluding carboxylic acids is 1. The third kappa shape index (κ3) is 4.49. The van der Waals surface area contributed by atoms with Gasteiger partial charge >= 0.3 is 6.03 Å². The zero-order valence-corrected chi connectivity index (χ0v) is 15.2. The first-order chi connectivity index (χ1) is 11.2. The Bertz CT molecular complexity index is 849. The van der Waals surface area contributed by atoms with Gasteiger partial charge in [0.25, 0.3) is 0 Å². The van der Waals surface area contributed by atoms with Gasteiger partial charge in [0.05, 0.1) is 10.9 Å². The molecule has 0 fully saturated rings. The van der Waals surface area contributed by atoms with Gasteiger partial charge in [-0.2, -0.15) is 0 Å². The molecular formula is C17H19ClN2O3S. The maximum Gasteiger partial charge on any atom is 0.319 e. The third-order valence-electron chi connectivity index (χ3n) is 3.67. The number of halogens is 1. The van der Waals surface area contributed by atoms with Crippen LogP contribution in [0.5, 0.6) is 0 Å². The van der Waals surface area contributed by atoms with Crippen molar-refractivity contribution in [2.24, 2.45) is 0 Å². The standard InChI is InChI=1S/C17H19ClN2O3S/c1-11-15(18)5-4-6-16(11)20-17(21)19-12(2)13-7-9-14(10-8-13)24(3,22)23/h4-10,12H,1-3H3,(H2,19,20,21). The van der Waals surface area contributed by atoms with Crippen LogP contribution in [0.15, 0.2) is 47.4 Å². The molecule has 7 heteroatoms. The maximum atomic E-state index is 12.1. The third-order valence-corrected chi connectivity index (χ3v) is 5.21. The number of anilines is 1. The molecular weight excluding hydrogens is 348 g/mol. The molecule has 1 unspecified atom stereocenters. The molecule has 2 amide bonds. The number of amides is 2. The molecule has 0 spiro atoms. The molecule has 0 radical (unpaired) electrons. The summed E-state index contributed by atoms with van der Waals surface area (Å²) in [6, 6.07) is 11.1. The Morgan fingerprint density at radius 1 is 1.12 bits per heavy atom. The molecule has 0 aliphatic heterocycles. The van der Waals surface area contributed by atoms with Crippen molar-refractivity contribution in [2.45, 2.75) is 24.8 Å². The second kappa shape index (κ2) is 7.23. The van der Waals surface area contributed by atoms with E-state index in [1.54, 1.807) is 30.3 Å². The highest BCUT2D eigenvalue weighted by Gasteiger charge is 2.13. The van der Waals surface area contributed by atoms with E-state index in [-0.39, 0.29) is 17.0 Å². The summed E-state index contributed by atoms with van der Waals surface area (Å²) in [6.45, 7) is 3.64. The zero-order valence-electron chi connectivity index (χ0n) is 13.6. The number of sulfone groups is 1. The van der Waals surface area contributed by atoms with Gasteiger partial charge in [0, 0.05) is 17.0 Å². The van der Waals surface area contributed by atoms with Crippen LogP contribution in [-0.2, 0) is 9.84 Å². The summed E-state index contributed by atoms with van der Waals surface area (Å²) < 4.78 is 22.9.